The third-order valence-electron chi connectivity index (χ3n) is 5.76. The summed E-state index contributed by atoms with van der Waals surface area (Å²) in [4.78, 5) is 11.4. The molecule has 0 radical (unpaired) electrons. The van der Waals surface area contributed by atoms with E-state index < -0.39 is 32.3 Å². The maximum Gasteiger partial charge on any atom is 0.304 e. The van der Waals surface area contributed by atoms with Gasteiger partial charge in [0.15, 0.2) is 5.60 Å². The fourth-order valence-corrected chi connectivity index (χ4v) is 8.86. The van der Waals surface area contributed by atoms with E-state index in [1.54, 1.807) is 0 Å². The Balaban J connectivity index is 2.04. The van der Waals surface area contributed by atoms with Crippen LogP contribution in [0.5, 0.6) is 0 Å². The molecule has 1 aliphatic heterocycles. The van der Waals surface area contributed by atoms with Crippen LogP contribution in [-0.2, 0) is 18.7 Å². The van der Waals surface area contributed by atoms with Gasteiger partial charge in [-0.25, -0.2) is 0 Å². The van der Waals surface area contributed by atoms with Crippen LogP contribution in [0, 0.1) is 12.3 Å². The van der Waals surface area contributed by atoms with Crippen LogP contribution >= 0.6 is 0 Å². The van der Waals surface area contributed by atoms with E-state index in [0.29, 0.717) is 0 Å². The molecule has 0 aromatic heterocycles. The van der Waals surface area contributed by atoms with Crippen molar-refractivity contribution in [3.63, 3.8) is 0 Å². The Kier molecular flexibility index (Phi) is 6.72. The van der Waals surface area contributed by atoms with Gasteiger partial charge in [-0.2, -0.15) is 0 Å². The third-order valence-corrected chi connectivity index (χ3v) is 10.7. The lowest BCUT2D eigenvalue weighted by atomic mass is 9.99. The summed E-state index contributed by atoms with van der Waals surface area (Å²) in [5.74, 6) is 2.10. The second-order valence-corrected chi connectivity index (χ2v) is 13.2. The maximum atomic E-state index is 11.4. The van der Waals surface area contributed by atoms with Crippen molar-refractivity contribution < 1.29 is 23.8 Å². The highest BCUT2D eigenvalue weighted by Gasteiger charge is 2.55. The number of hydrogen-bond acceptors (Lipinski definition) is 5. The third kappa shape index (κ3) is 4.46. The van der Waals surface area contributed by atoms with Gasteiger partial charge in [0.1, 0.15) is 6.10 Å². The van der Waals surface area contributed by atoms with Crippen molar-refractivity contribution in [2.75, 3.05) is 6.61 Å². The zero-order valence-corrected chi connectivity index (χ0v) is 19.5. The highest BCUT2D eigenvalue weighted by molar-refractivity contribution is 6.99. The number of benzene rings is 2. The zero-order chi connectivity index (χ0) is 22.7. The minimum atomic E-state index is -2.86. The van der Waals surface area contributed by atoms with Gasteiger partial charge in [0.05, 0.1) is 6.61 Å². The molecule has 0 amide bonds. The molecular formula is C25H30O5Si. The van der Waals surface area contributed by atoms with E-state index in [1.807, 2.05) is 36.4 Å². The van der Waals surface area contributed by atoms with Crippen molar-refractivity contribution in [2.45, 2.75) is 57.1 Å². The molecule has 2 aromatic carbocycles. The van der Waals surface area contributed by atoms with Gasteiger partial charge in [0.2, 0.25) is 6.29 Å². The molecule has 1 aliphatic rings. The van der Waals surface area contributed by atoms with Crippen molar-refractivity contribution in [2.24, 2.45) is 0 Å². The molecule has 0 spiro atoms. The Morgan fingerprint density at radius 3 is 2.10 bits per heavy atom. The zero-order valence-electron chi connectivity index (χ0n) is 18.5. The number of aliphatic hydroxyl groups is 1. The fraction of sp³-hybridized carbons (Fsp3) is 0.400. The summed E-state index contributed by atoms with van der Waals surface area (Å²) in [6.45, 7) is 7.76. The van der Waals surface area contributed by atoms with Crippen molar-refractivity contribution in [3.8, 4) is 12.3 Å². The van der Waals surface area contributed by atoms with Crippen LogP contribution in [0.25, 0.3) is 0 Å². The Morgan fingerprint density at radius 1 is 1.16 bits per heavy atom. The molecule has 3 atom stereocenters. The Morgan fingerprint density at radius 2 is 1.68 bits per heavy atom. The average molecular weight is 439 g/mol. The Bertz CT molecular complexity index is 892. The highest BCUT2D eigenvalue weighted by atomic mass is 28.4. The van der Waals surface area contributed by atoms with Gasteiger partial charge in [0, 0.05) is 13.3 Å². The van der Waals surface area contributed by atoms with Crippen molar-refractivity contribution in [1.29, 1.82) is 0 Å². The molecular weight excluding hydrogens is 408 g/mol. The van der Waals surface area contributed by atoms with Crippen LogP contribution in [0.2, 0.25) is 5.04 Å². The lowest BCUT2D eigenvalue weighted by molar-refractivity contribution is -0.183. The minimum absolute atomic E-state index is 0.0181. The van der Waals surface area contributed by atoms with E-state index in [9.17, 15) is 9.90 Å². The largest absolute Gasteiger partial charge is 0.436 e. The first kappa shape index (κ1) is 23.2. The van der Waals surface area contributed by atoms with Gasteiger partial charge in [-0.1, -0.05) is 87.4 Å². The summed E-state index contributed by atoms with van der Waals surface area (Å²) in [7, 11) is -2.86. The Labute approximate surface area is 185 Å². The fourth-order valence-electron chi connectivity index (χ4n) is 4.27. The summed E-state index contributed by atoms with van der Waals surface area (Å²) >= 11 is 0. The first-order valence-corrected chi connectivity index (χ1v) is 12.3. The van der Waals surface area contributed by atoms with Crippen LogP contribution in [-0.4, -0.2) is 44.0 Å². The van der Waals surface area contributed by atoms with Crippen molar-refractivity contribution in [3.05, 3.63) is 60.7 Å². The summed E-state index contributed by atoms with van der Waals surface area (Å²) in [6.07, 6.45) is 4.02. The van der Waals surface area contributed by atoms with Crippen LogP contribution in [0.3, 0.4) is 0 Å². The first-order chi connectivity index (χ1) is 14.6. The van der Waals surface area contributed by atoms with Crippen LogP contribution in [0.1, 0.15) is 34.1 Å². The molecule has 0 bridgehead atoms. The van der Waals surface area contributed by atoms with Gasteiger partial charge < -0.3 is 19.0 Å². The molecule has 1 fully saturated rings. The van der Waals surface area contributed by atoms with Gasteiger partial charge in [-0.3, -0.25) is 4.79 Å². The van der Waals surface area contributed by atoms with Crippen LogP contribution < -0.4 is 10.4 Å². The van der Waals surface area contributed by atoms with E-state index in [2.05, 4.69) is 51.0 Å². The summed E-state index contributed by atoms with van der Waals surface area (Å²) < 4.78 is 17.9. The normalized spacial score (nSPS) is 23.9. The molecule has 1 heterocycles. The number of carbonyl (C=O) groups is 1. The molecule has 5 nitrogen and oxygen atoms in total. The minimum Gasteiger partial charge on any atom is -0.436 e. The molecule has 0 saturated carbocycles. The maximum absolute atomic E-state index is 11.4. The number of carbonyl (C=O) groups excluding carboxylic acids is 1. The molecule has 6 heteroatoms. The van der Waals surface area contributed by atoms with E-state index in [-0.39, 0.29) is 18.1 Å². The highest BCUT2D eigenvalue weighted by Crippen LogP contribution is 2.39. The predicted octanol–water partition coefficient (Wildman–Crippen LogP) is 2.61. The second kappa shape index (κ2) is 8.97. The number of aliphatic hydroxyl groups excluding tert-OH is 1. The van der Waals surface area contributed by atoms with E-state index in [1.165, 1.54) is 6.92 Å². The summed E-state index contributed by atoms with van der Waals surface area (Å²) in [5, 5.41) is 12.7. The second-order valence-electron chi connectivity index (χ2n) is 8.89. The predicted molar refractivity (Wildman–Crippen MR) is 122 cm³/mol. The molecule has 1 N–H and O–H groups in total. The average Bonchev–Trinajstić information content (AvgIpc) is 3.03. The number of rotatable bonds is 6. The van der Waals surface area contributed by atoms with Crippen LogP contribution in [0.15, 0.2) is 60.7 Å². The van der Waals surface area contributed by atoms with Gasteiger partial charge >= 0.3 is 5.97 Å². The van der Waals surface area contributed by atoms with Gasteiger partial charge in [-0.05, 0) is 15.4 Å². The van der Waals surface area contributed by atoms with Crippen molar-refractivity contribution >= 4 is 24.7 Å². The quantitative estimate of drug-likeness (QED) is 0.427. The smallest absolute Gasteiger partial charge is 0.304 e. The standard InChI is InChI=1S/C25H30O5Si/c1-6-25(22(27)17-23(30-25)29-19(2)26)18-28-31(24(3,4)5,20-13-9-7-10-14-20)21-15-11-8-12-16-21/h1,7-16,22-23,27H,17-18H2,2-5H3/t22-,23+,25+/m0/s1. The van der Waals surface area contributed by atoms with Crippen LogP contribution in [0.4, 0.5) is 0 Å². The molecule has 0 aliphatic carbocycles. The van der Waals surface area contributed by atoms with E-state index in [0.717, 1.165) is 10.4 Å². The number of hydrogen-bond donors (Lipinski definition) is 1. The number of terminal acetylenes is 1. The van der Waals surface area contributed by atoms with E-state index >= 15 is 0 Å². The van der Waals surface area contributed by atoms with Gasteiger partial charge in [0.25, 0.3) is 8.32 Å². The lowest BCUT2D eigenvalue weighted by Gasteiger charge is -2.44. The first-order valence-electron chi connectivity index (χ1n) is 10.4. The number of ether oxygens (including phenoxy) is 2. The molecule has 164 valence electrons. The monoisotopic (exact) mass is 438 g/mol. The SMILES string of the molecule is C#C[C@]1(CO[Si](c2ccccc2)(c2ccccc2)C(C)(C)C)O[C@@H](OC(C)=O)C[C@@H]1O. The molecule has 2 aromatic rings. The van der Waals surface area contributed by atoms with Crippen molar-refractivity contribution in [1.82, 2.24) is 0 Å². The lowest BCUT2D eigenvalue weighted by Crippen LogP contribution is -2.68. The number of esters is 1. The molecule has 3 rings (SSSR count). The summed E-state index contributed by atoms with van der Waals surface area (Å²) in [5.41, 5.74) is -1.40. The molecule has 0 unspecified atom stereocenters. The van der Waals surface area contributed by atoms with E-state index in [4.69, 9.17) is 20.3 Å². The summed E-state index contributed by atoms with van der Waals surface area (Å²) in [6, 6.07) is 20.3. The Hall–Kier alpha value is -2.43. The molecule has 31 heavy (non-hydrogen) atoms. The molecule has 1 saturated heterocycles. The van der Waals surface area contributed by atoms with Gasteiger partial charge in [-0.15, -0.1) is 6.42 Å². The topological polar surface area (TPSA) is 65.0 Å².